The zero-order valence-electron chi connectivity index (χ0n) is 12.3. The lowest BCUT2D eigenvalue weighted by atomic mass is 9.67. The lowest BCUT2D eigenvalue weighted by Crippen LogP contribution is -2.51. The summed E-state index contributed by atoms with van der Waals surface area (Å²) in [4.78, 5) is 2.68. The van der Waals surface area contributed by atoms with Crippen LogP contribution in [0.1, 0.15) is 71.6 Å². The first-order valence-corrected chi connectivity index (χ1v) is 8.14. The number of hydrogen-bond acceptors (Lipinski definition) is 2. The molecule has 106 valence electrons. The lowest BCUT2D eigenvalue weighted by Gasteiger charge is -2.48. The van der Waals surface area contributed by atoms with Crippen molar-refractivity contribution in [3.8, 4) is 0 Å². The van der Waals surface area contributed by atoms with Gasteiger partial charge in [-0.15, -0.1) is 0 Å². The van der Waals surface area contributed by atoms with Gasteiger partial charge in [-0.05, 0) is 57.0 Å². The van der Waals surface area contributed by atoms with E-state index in [4.69, 9.17) is 0 Å². The van der Waals surface area contributed by atoms with Crippen molar-refractivity contribution in [2.24, 2.45) is 5.41 Å². The second kappa shape index (κ2) is 6.38. The highest BCUT2D eigenvalue weighted by molar-refractivity contribution is 5.00. The molecule has 2 fully saturated rings. The van der Waals surface area contributed by atoms with Crippen molar-refractivity contribution in [3.05, 3.63) is 0 Å². The molecule has 2 nitrogen and oxygen atoms in total. The molecule has 0 aromatic carbocycles. The van der Waals surface area contributed by atoms with Crippen LogP contribution in [0, 0.1) is 5.41 Å². The third kappa shape index (κ3) is 2.91. The first-order valence-electron chi connectivity index (χ1n) is 8.14. The van der Waals surface area contributed by atoms with E-state index in [9.17, 15) is 5.11 Å². The van der Waals surface area contributed by atoms with Crippen molar-refractivity contribution in [1.82, 2.24) is 4.90 Å². The van der Waals surface area contributed by atoms with Gasteiger partial charge in [-0.1, -0.05) is 33.1 Å². The first-order chi connectivity index (χ1) is 8.72. The van der Waals surface area contributed by atoms with Gasteiger partial charge in [0.05, 0.1) is 6.10 Å². The van der Waals surface area contributed by atoms with Gasteiger partial charge in [-0.3, -0.25) is 0 Å². The van der Waals surface area contributed by atoms with E-state index in [1.54, 1.807) is 0 Å². The van der Waals surface area contributed by atoms with E-state index in [1.165, 1.54) is 51.5 Å². The molecule has 0 heterocycles. The summed E-state index contributed by atoms with van der Waals surface area (Å²) in [6.07, 6.45) is 11.5. The van der Waals surface area contributed by atoms with Crippen molar-refractivity contribution in [3.63, 3.8) is 0 Å². The molecule has 2 aliphatic rings. The molecule has 2 aliphatic carbocycles. The third-order valence-electron chi connectivity index (χ3n) is 5.42. The smallest absolute Gasteiger partial charge is 0.0555 e. The summed E-state index contributed by atoms with van der Waals surface area (Å²) in [5.74, 6) is 0. The second-order valence-corrected chi connectivity index (χ2v) is 6.50. The SMILES string of the molecule is CCCCN(CC)C1CC(O)CCC12CCCC2. The molecule has 0 saturated heterocycles. The molecule has 0 bridgehead atoms. The van der Waals surface area contributed by atoms with E-state index in [-0.39, 0.29) is 6.10 Å². The molecule has 0 aromatic rings. The van der Waals surface area contributed by atoms with Crippen molar-refractivity contribution >= 4 is 0 Å². The molecule has 1 N–H and O–H groups in total. The van der Waals surface area contributed by atoms with Crippen LogP contribution < -0.4 is 0 Å². The van der Waals surface area contributed by atoms with Gasteiger partial charge in [0.25, 0.3) is 0 Å². The predicted octanol–water partition coefficient (Wildman–Crippen LogP) is 3.58. The average Bonchev–Trinajstić information content (AvgIpc) is 2.84. The Labute approximate surface area is 113 Å². The summed E-state index contributed by atoms with van der Waals surface area (Å²) in [6.45, 7) is 6.94. The van der Waals surface area contributed by atoms with E-state index < -0.39 is 0 Å². The zero-order chi connectivity index (χ0) is 13.0. The van der Waals surface area contributed by atoms with Gasteiger partial charge in [0.1, 0.15) is 0 Å². The molecule has 0 radical (unpaired) electrons. The number of aliphatic hydroxyl groups excluding tert-OH is 1. The molecule has 2 atom stereocenters. The highest BCUT2D eigenvalue weighted by atomic mass is 16.3. The van der Waals surface area contributed by atoms with E-state index >= 15 is 0 Å². The van der Waals surface area contributed by atoms with E-state index in [1.807, 2.05) is 0 Å². The summed E-state index contributed by atoms with van der Waals surface area (Å²) >= 11 is 0. The lowest BCUT2D eigenvalue weighted by molar-refractivity contribution is -0.0251. The monoisotopic (exact) mass is 253 g/mol. The topological polar surface area (TPSA) is 23.5 Å². The fourth-order valence-electron chi connectivity index (χ4n) is 4.34. The van der Waals surface area contributed by atoms with Crippen molar-refractivity contribution in [1.29, 1.82) is 0 Å². The predicted molar refractivity (Wildman–Crippen MR) is 76.7 cm³/mol. The number of rotatable bonds is 5. The number of nitrogens with zero attached hydrogens (tertiary/aromatic N) is 1. The standard InChI is InChI=1S/C16H31NO/c1-3-5-12-17(4-2)15-13-14(18)8-11-16(15)9-6-7-10-16/h14-15,18H,3-13H2,1-2H3. The third-order valence-corrected chi connectivity index (χ3v) is 5.42. The number of aliphatic hydroxyl groups is 1. The van der Waals surface area contributed by atoms with Crippen LogP contribution in [0.3, 0.4) is 0 Å². The van der Waals surface area contributed by atoms with Gasteiger partial charge in [0.2, 0.25) is 0 Å². The van der Waals surface area contributed by atoms with Crippen LogP contribution in [-0.4, -0.2) is 35.2 Å². The Balaban J connectivity index is 2.08. The molecule has 18 heavy (non-hydrogen) atoms. The van der Waals surface area contributed by atoms with Gasteiger partial charge >= 0.3 is 0 Å². The molecule has 2 saturated carbocycles. The van der Waals surface area contributed by atoms with Gasteiger partial charge < -0.3 is 10.0 Å². The molecule has 2 rings (SSSR count). The maximum Gasteiger partial charge on any atom is 0.0555 e. The van der Waals surface area contributed by atoms with Gasteiger partial charge in [-0.2, -0.15) is 0 Å². The summed E-state index contributed by atoms with van der Waals surface area (Å²) in [5, 5.41) is 10.1. The maximum absolute atomic E-state index is 10.1. The van der Waals surface area contributed by atoms with Crippen LogP contribution in [0.2, 0.25) is 0 Å². The highest BCUT2D eigenvalue weighted by Crippen LogP contribution is 2.50. The Hall–Kier alpha value is -0.0800. The second-order valence-electron chi connectivity index (χ2n) is 6.50. The van der Waals surface area contributed by atoms with E-state index in [0.29, 0.717) is 11.5 Å². The summed E-state index contributed by atoms with van der Waals surface area (Å²) in [5.41, 5.74) is 0.559. The molecule has 0 aromatic heterocycles. The molecule has 2 heteroatoms. The Morgan fingerprint density at radius 3 is 2.50 bits per heavy atom. The minimum atomic E-state index is -0.0445. The number of hydrogen-bond donors (Lipinski definition) is 1. The average molecular weight is 253 g/mol. The summed E-state index contributed by atoms with van der Waals surface area (Å²) < 4.78 is 0. The van der Waals surface area contributed by atoms with Crippen molar-refractivity contribution in [2.75, 3.05) is 13.1 Å². The largest absolute Gasteiger partial charge is 0.393 e. The van der Waals surface area contributed by atoms with Crippen LogP contribution in [0.5, 0.6) is 0 Å². The Bertz CT molecular complexity index is 247. The molecule has 1 spiro atoms. The van der Waals surface area contributed by atoms with Crippen LogP contribution in [-0.2, 0) is 0 Å². The van der Waals surface area contributed by atoms with Gasteiger partial charge in [0.15, 0.2) is 0 Å². The fourth-order valence-corrected chi connectivity index (χ4v) is 4.34. The fraction of sp³-hybridized carbons (Fsp3) is 1.00. The van der Waals surface area contributed by atoms with Crippen LogP contribution in [0.15, 0.2) is 0 Å². The Morgan fingerprint density at radius 1 is 1.17 bits per heavy atom. The van der Waals surface area contributed by atoms with Crippen molar-refractivity contribution in [2.45, 2.75) is 83.8 Å². The minimum Gasteiger partial charge on any atom is -0.393 e. The minimum absolute atomic E-state index is 0.0445. The normalized spacial score (nSPS) is 31.3. The summed E-state index contributed by atoms with van der Waals surface area (Å²) in [7, 11) is 0. The molecular weight excluding hydrogens is 222 g/mol. The maximum atomic E-state index is 10.1. The van der Waals surface area contributed by atoms with Crippen LogP contribution >= 0.6 is 0 Å². The Kier molecular flexibility index (Phi) is 5.08. The van der Waals surface area contributed by atoms with Crippen molar-refractivity contribution < 1.29 is 5.11 Å². The summed E-state index contributed by atoms with van der Waals surface area (Å²) in [6, 6.07) is 0.653. The Morgan fingerprint density at radius 2 is 1.89 bits per heavy atom. The molecule has 0 aliphatic heterocycles. The quantitative estimate of drug-likeness (QED) is 0.809. The highest BCUT2D eigenvalue weighted by Gasteiger charge is 2.46. The van der Waals surface area contributed by atoms with E-state index in [2.05, 4.69) is 18.7 Å². The number of unbranched alkanes of at least 4 members (excludes halogenated alkanes) is 1. The molecule has 2 unspecified atom stereocenters. The van der Waals surface area contributed by atoms with E-state index in [0.717, 1.165) is 19.4 Å². The van der Waals surface area contributed by atoms with Gasteiger partial charge in [0, 0.05) is 6.04 Å². The zero-order valence-corrected chi connectivity index (χ0v) is 12.3. The van der Waals surface area contributed by atoms with Gasteiger partial charge in [-0.25, -0.2) is 0 Å². The first kappa shape index (κ1) is 14.3. The molecule has 0 amide bonds. The van der Waals surface area contributed by atoms with Crippen LogP contribution in [0.4, 0.5) is 0 Å². The van der Waals surface area contributed by atoms with Crippen LogP contribution in [0.25, 0.3) is 0 Å². The molecular formula is C16H31NO.